The average molecular weight is 383 g/mol. The van der Waals surface area contributed by atoms with Crippen molar-refractivity contribution < 1.29 is 19.4 Å². The first kappa shape index (κ1) is 19.2. The predicted molar refractivity (Wildman–Crippen MR) is 108 cm³/mol. The van der Waals surface area contributed by atoms with E-state index < -0.39 is 13.5 Å². The summed E-state index contributed by atoms with van der Waals surface area (Å²) in [6.45, 7) is 0. The molecule has 5 nitrogen and oxygen atoms in total. The maximum Gasteiger partial charge on any atom is 0.307 e. The van der Waals surface area contributed by atoms with Crippen LogP contribution in [0.15, 0.2) is 66.7 Å². The average Bonchev–Trinajstić information content (AvgIpc) is 2.63. The number of hydrogen-bond acceptors (Lipinski definition) is 2. The molecule has 0 aromatic heterocycles. The summed E-state index contributed by atoms with van der Waals surface area (Å²) in [5, 5.41) is 14.0. The van der Waals surface area contributed by atoms with Crippen LogP contribution in [0.4, 0.5) is 5.69 Å². The Labute approximate surface area is 158 Å². The zero-order chi connectivity index (χ0) is 19.3. The quantitative estimate of drug-likeness (QED) is 0.491. The molecule has 1 unspecified atom stereocenters. The second-order valence-electron chi connectivity index (χ2n) is 6.51. The van der Waals surface area contributed by atoms with Gasteiger partial charge in [0.15, 0.2) is 0 Å². The SMILES string of the molecule is O=C(O)Cc1ccccc1NP(=O)(O)CCCc1cccc2ccccc12. The fraction of sp³-hybridized carbons (Fsp3) is 0.190. The van der Waals surface area contributed by atoms with Gasteiger partial charge in [-0.25, -0.2) is 0 Å². The van der Waals surface area contributed by atoms with E-state index in [0.717, 1.165) is 16.3 Å². The number of aryl methyl sites for hydroxylation is 1. The molecule has 0 spiro atoms. The molecule has 0 fully saturated rings. The van der Waals surface area contributed by atoms with E-state index in [9.17, 15) is 14.3 Å². The standard InChI is InChI=1S/C21H22NO4P/c23-21(24)15-18-8-2-4-13-20(18)22-27(25,26)14-6-11-17-10-5-9-16-7-1-3-12-19(16)17/h1-5,7-10,12-13H,6,11,14-15H2,(H,23,24)(H2,22,25,26). The molecule has 0 saturated heterocycles. The third-order valence-electron chi connectivity index (χ3n) is 4.44. The van der Waals surface area contributed by atoms with Crippen molar-refractivity contribution in [3.05, 3.63) is 77.9 Å². The lowest BCUT2D eigenvalue weighted by molar-refractivity contribution is -0.136. The number of carboxylic acid groups (broad SMARTS) is 1. The highest BCUT2D eigenvalue weighted by molar-refractivity contribution is 7.59. The second kappa shape index (κ2) is 8.38. The summed E-state index contributed by atoms with van der Waals surface area (Å²) < 4.78 is 12.6. The predicted octanol–water partition coefficient (Wildman–Crippen LogP) is 4.70. The van der Waals surface area contributed by atoms with Gasteiger partial charge in [-0.15, -0.1) is 0 Å². The molecule has 0 aliphatic rings. The van der Waals surface area contributed by atoms with Crippen molar-refractivity contribution in [3.8, 4) is 0 Å². The van der Waals surface area contributed by atoms with Gasteiger partial charge < -0.3 is 15.1 Å². The molecule has 27 heavy (non-hydrogen) atoms. The monoisotopic (exact) mass is 383 g/mol. The first-order valence-electron chi connectivity index (χ1n) is 8.81. The van der Waals surface area contributed by atoms with Gasteiger partial charge in [0.1, 0.15) is 0 Å². The second-order valence-corrected chi connectivity index (χ2v) is 8.58. The molecular formula is C21H22NO4P. The highest BCUT2D eigenvalue weighted by atomic mass is 31.2. The first-order chi connectivity index (χ1) is 12.9. The van der Waals surface area contributed by atoms with E-state index in [1.54, 1.807) is 24.3 Å². The fourth-order valence-electron chi connectivity index (χ4n) is 3.18. The highest BCUT2D eigenvalue weighted by Crippen LogP contribution is 2.42. The summed E-state index contributed by atoms with van der Waals surface area (Å²) in [6.07, 6.45) is 1.16. The molecule has 6 heteroatoms. The minimum Gasteiger partial charge on any atom is -0.481 e. The molecule has 0 bridgehead atoms. The summed E-state index contributed by atoms with van der Waals surface area (Å²) >= 11 is 0. The lowest BCUT2D eigenvalue weighted by atomic mass is 10.0. The van der Waals surface area contributed by atoms with E-state index in [2.05, 4.69) is 23.3 Å². The number of fused-ring (bicyclic) bond motifs is 1. The van der Waals surface area contributed by atoms with Gasteiger partial charge in [0, 0.05) is 11.8 Å². The number of nitrogens with one attached hydrogen (secondary N) is 1. The Hall–Kier alpha value is -2.62. The van der Waals surface area contributed by atoms with Crippen LogP contribution in [0.25, 0.3) is 10.8 Å². The number of benzene rings is 3. The van der Waals surface area contributed by atoms with E-state index in [0.29, 0.717) is 24.1 Å². The molecule has 0 saturated carbocycles. The Bertz CT molecular complexity index is 997. The van der Waals surface area contributed by atoms with Gasteiger partial charge in [-0.1, -0.05) is 60.7 Å². The van der Waals surface area contributed by atoms with Crippen molar-refractivity contribution >= 4 is 29.9 Å². The lowest BCUT2D eigenvalue weighted by Gasteiger charge is -2.17. The smallest absolute Gasteiger partial charge is 0.307 e. The van der Waals surface area contributed by atoms with E-state index in [4.69, 9.17) is 5.11 Å². The van der Waals surface area contributed by atoms with Gasteiger partial charge >= 0.3 is 5.97 Å². The molecule has 3 N–H and O–H groups in total. The first-order valence-corrected chi connectivity index (χ1v) is 10.7. The Morgan fingerprint density at radius 1 is 0.926 bits per heavy atom. The number of hydrogen-bond donors (Lipinski definition) is 3. The fourth-order valence-corrected chi connectivity index (χ4v) is 4.48. The molecule has 3 rings (SSSR count). The molecule has 140 valence electrons. The number of aliphatic carboxylic acids is 1. The Morgan fingerprint density at radius 3 is 2.41 bits per heavy atom. The van der Waals surface area contributed by atoms with Crippen LogP contribution in [-0.2, 0) is 22.2 Å². The van der Waals surface area contributed by atoms with Crippen LogP contribution in [-0.4, -0.2) is 22.1 Å². The molecule has 0 amide bonds. The number of carbonyl (C=O) groups is 1. The topological polar surface area (TPSA) is 86.6 Å². The Kier molecular flexibility index (Phi) is 5.94. The zero-order valence-electron chi connectivity index (χ0n) is 14.8. The molecule has 3 aromatic rings. The van der Waals surface area contributed by atoms with Gasteiger partial charge in [-0.3, -0.25) is 9.36 Å². The van der Waals surface area contributed by atoms with Crippen molar-refractivity contribution in [3.63, 3.8) is 0 Å². The van der Waals surface area contributed by atoms with Gasteiger partial charge in [0.25, 0.3) is 7.52 Å². The third kappa shape index (κ3) is 5.19. The van der Waals surface area contributed by atoms with Crippen LogP contribution >= 0.6 is 7.52 Å². The molecule has 0 aliphatic carbocycles. The van der Waals surface area contributed by atoms with Crippen molar-refractivity contribution in [2.75, 3.05) is 11.2 Å². The third-order valence-corrected chi connectivity index (χ3v) is 5.95. The van der Waals surface area contributed by atoms with Gasteiger partial charge in [-0.05, 0) is 40.8 Å². The number of anilines is 1. The molecule has 0 heterocycles. The van der Waals surface area contributed by atoms with Crippen LogP contribution in [0.1, 0.15) is 17.5 Å². The van der Waals surface area contributed by atoms with E-state index in [1.165, 1.54) is 0 Å². The summed E-state index contributed by atoms with van der Waals surface area (Å²) in [5.74, 6) is -0.979. The number of para-hydroxylation sites is 1. The van der Waals surface area contributed by atoms with Gasteiger partial charge in [0.2, 0.25) is 0 Å². The molecule has 0 radical (unpaired) electrons. The summed E-state index contributed by atoms with van der Waals surface area (Å²) in [6, 6.07) is 20.9. The van der Waals surface area contributed by atoms with E-state index in [1.807, 2.05) is 24.3 Å². The van der Waals surface area contributed by atoms with Crippen LogP contribution in [0.3, 0.4) is 0 Å². The van der Waals surface area contributed by atoms with E-state index in [-0.39, 0.29) is 12.6 Å². The summed E-state index contributed by atoms with van der Waals surface area (Å²) in [4.78, 5) is 21.3. The summed E-state index contributed by atoms with van der Waals surface area (Å²) in [7, 11) is -3.63. The van der Waals surface area contributed by atoms with Crippen LogP contribution in [0, 0.1) is 0 Å². The molecular weight excluding hydrogens is 361 g/mol. The number of rotatable bonds is 8. The van der Waals surface area contributed by atoms with Crippen LogP contribution in [0.2, 0.25) is 0 Å². The summed E-state index contributed by atoms with van der Waals surface area (Å²) in [5.41, 5.74) is 2.04. The highest BCUT2D eigenvalue weighted by Gasteiger charge is 2.19. The minimum atomic E-state index is -3.63. The van der Waals surface area contributed by atoms with E-state index >= 15 is 0 Å². The maximum atomic E-state index is 12.6. The van der Waals surface area contributed by atoms with Crippen molar-refractivity contribution in [2.45, 2.75) is 19.3 Å². The maximum absolute atomic E-state index is 12.6. The molecule has 0 aliphatic heterocycles. The molecule has 1 atom stereocenters. The minimum absolute atomic E-state index is 0.109. The largest absolute Gasteiger partial charge is 0.481 e. The van der Waals surface area contributed by atoms with Gasteiger partial charge in [-0.2, -0.15) is 0 Å². The Balaban J connectivity index is 1.65. The van der Waals surface area contributed by atoms with Crippen molar-refractivity contribution in [1.82, 2.24) is 0 Å². The number of carboxylic acids is 1. The van der Waals surface area contributed by atoms with Crippen LogP contribution in [0.5, 0.6) is 0 Å². The Morgan fingerprint density at radius 2 is 1.59 bits per heavy atom. The van der Waals surface area contributed by atoms with Crippen LogP contribution < -0.4 is 5.09 Å². The van der Waals surface area contributed by atoms with Crippen molar-refractivity contribution in [2.24, 2.45) is 0 Å². The van der Waals surface area contributed by atoms with Gasteiger partial charge in [0.05, 0.1) is 6.42 Å². The zero-order valence-corrected chi connectivity index (χ0v) is 15.7. The molecule has 3 aromatic carbocycles. The lowest BCUT2D eigenvalue weighted by Crippen LogP contribution is -2.07. The normalized spacial score (nSPS) is 13.2. The van der Waals surface area contributed by atoms with Crippen molar-refractivity contribution in [1.29, 1.82) is 0 Å².